The maximum absolute atomic E-state index is 5.83. The largest absolute Gasteiger partial charge is 0.490 e. The summed E-state index contributed by atoms with van der Waals surface area (Å²) in [5.41, 5.74) is 3.61. The summed E-state index contributed by atoms with van der Waals surface area (Å²) in [5, 5.41) is 0. The molecule has 0 spiro atoms. The van der Waals surface area contributed by atoms with Gasteiger partial charge in [-0.1, -0.05) is 31.6 Å². The summed E-state index contributed by atoms with van der Waals surface area (Å²) in [4.78, 5) is 2.62. The zero-order chi connectivity index (χ0) is 15.2. The van der Waals surface area contributed by atoms with Crippen LogP contribution < -0.4 is 4.74 Å². The third-order valence-corrected chi connectivity index (χ3v) is 6.45. The predicted octanol–water partition coefficient (Wildman–Crippen LogP) is 3.94. The van der Waals surface area contributed by atoms with Crippen molar-refractivity contribution in [3.8, 4) is 5.75 Å². The fourth-order valence-electron chi connectivity index (χ4n) is 5.42. The molecule has 0 N–H and O–H groups in total. The Morgan fingerprint density at radius 1 is 1.36 bits per heavy atom. The molecule has 1 saturated carbocycles. The average Bonchev–Trinajstić information content (AvgIpc) is 2.56. The molecule has 2 bridgehead atoms. The lowest BCUT2D eigenvalue weighted by Gasteiger charge is -2.58. The second kappa shape index (κ2) is 5.42. The molecular formula is C20H27NO. The Labute approximate surface area is 134 Å². The van der Waals surface area contributed by atoms with Crippen molar-refractivity contribution in [3.63, 3.8) is 0 Å². The molecule has 2 nitrogen and oxygen atoms in total. The Balaban J connectivity index is 1.78. The molecular weight excluding hydrogens is 270 g/mol. The van der Waals surface area contributed by atoms with Crippen LogP contribution in [0.4, 0.5) is 0 Å². The fourth-order valence-corrected chi connectivity index (χ4v) is 5.42. The van der Waals surface area contributed by atoms with E-state index in [1.165, 1.54) is 45.1 Å². The fraction of sp³-hybridized carbons (Fsp3) is 0.600. The summed E-state index contributed by atoms with van der Waals surface area (Å²) in [6, 6.07) is 7.59. The molecule has 1 saturated heterocycles. The lowest BCUT2D eigenvalue weighted by Crippen LogP contribution is -2.59. The first-order valence-corrected chi connectivity index (χ1v) is 8.82. The van der Waals surface area contributed by atoms with Crippen LogP contribution in [0.3, 0.4) is 0 Å². The number of likely N-dealkylation sites (N-methyl/N-ethyl adjacent to an activating group) is 1. The van der Waals surface area contributed by atoms with E-state index >= 15 is 0 Å². The van der Waals surface area contributed by atoms with Gasteiger partial charge in [0.05, 0.1) is 0 Å². The highest BCUT2D eigenvalue weighted by atomic mass is 16.5. The highest BCUT2D eigenvalue weighted by molar-refractivity contribution is 5.45. The molecule has 0 radical (unpaired) electrons. The van der Waals surface area contributed by atoms with Gasteiger partial charge >= 0.3 is 0 Å². The van der Waals surface area contributed by atoms with E-state index in [0.717, 1.165) is 17.7 Å². The number of likely N-dealkylation sites (tertiary alicyclic amines) is 1. The normalized spacial score (nSPS) is 33.7. The van der Waals surface area contributed by atoms with Gasteiger partial charge in [-0.2, -0.15) is 0 Å². The van der Waals surface area contributed by atoms with Gasteiger partial charge in [0, 0.05) is 11.5 Å². The van der Waals surface area contributed by atoms with E-state index in [9.17, 15) is 0 Å². The van der Waals surface area contributed by atoms with E-state index < -0.39 is 0 Å². The van der Waals surface area contributed by atoms with Crippen molar-refractivity contribution in [3.05, 3.63) is 42.0 Å². The van der Waals surface area contributed by atoms with Gasteiger partial charge in [-0.05, 0) is 68.5 Å². The zero-order valence-corrected chi connectivity index (χ0v) is 13.7. The van der Waals surface area contributed by atoms with Crippen LogP contribution in [-0.4, -0.2) is 31.1 Å². The van der Waals surface area contributed by atoms with E-state index in [1.54, 1.807) is 11.1 Å². The van der Waals surface area contributed by atoms with Gasteiger partial charge in [0.2, 0.25) is 0 Å². The van der Waals surface area contributed by atoms with Crippen molar-refractivity contribution in [2.45, 2.75) is 50.0 Å². The number of fused-ring (bicyclic) bond motifs is 1. The van der Waals surface area contributed by atoms with E-state index in [4.69, 9.17) is 4.74 Å². The lowest BCUT2D eigenvalue weighted by molar-refractivity contribution is 0.00272. The first kappa shape index (κ1) is 14.3. The van der Waals surface area contributed by atoms with Crippen molar-refractivity contribution in [2.75, 3.05) is 20.2 Å². The van der Waals surface area contributed by atoms with E-state index in [2.05, 4.69) is 36.7 Å². The van der Waals surface area contributed by atoms with Gasteiger partial charge in [0.25, 0.3) is 0 Å². The van der Waals surface area contributed by atoms with Crippen LogP contribution in [-0.2, 0) is 11.8 Å². The molecule has 2 fully saturated rings. The molecule has 3 aliphatic rings. The van der Waals surface area contributed by atoms with Gasteiger partial charge in [-0.25, -0.2) is 0 Å². The Bertz CT molecular complexity index is 581. The third kappa shape index (κ3) is 2.04. The monoisotopic (exact) mass is 297 g/mol. The number of hydrogen-bond acceptors (Lipinski definition) is 2. The van der Waals surface area contributed by atoms with Crippen LogP contribution in [0.25, 0.3) is 0 Å². The highest BCUT2D eigenvalue weighted by Crippen LogP contribution is 2.55. The SMILES string of the molecule is C=CCOc1ccc2c(c1)[C@]13CCCC[C@H]1[C@H](C2)N(C)CC3. The van der Waals surface area contributed by atoms with Crippen molar-refractivity contribution in [1.29, 1.82) is 0 Å². The van der Waals surface area contributed by atoms with Gasteiger partial charge < -0.3 is 9.64 Å². The Hall–Kier alpha value is -1.28. The number of rotatable bonds is 3. The van der Waals surface area contributed by atoms with Crippen molar-refractivity contribution in [1.82, 2.24) is 4.90 Å². The molecule has 0 amide bonds. The number of ether oxygens (including phenoxy) is 1. The molecule has 1 aliphatic heterocycles. The summed E-state index contributed by atoms with van der Waals surface area (Å²) in [6.07, 6.45) is 9.96. The number of nitrogens with zero attached hydrogens (tertiary/aromatic N) is 1. The molecule has 118 valence electrons. The van der Waals surface area contributed by atoms with Gasteiger partial charge in [-0.3, -0.25) is 0 Å². The molecule has 22 heavy (non-hydrogen) atoms. The molecule has 2 heteroatoms. The standard InChI is InChI=1S/C20H27NO/c1-3-12-22-16-8-7-15-13-19-17-6-4-5-9-20(17,18(15)14-16)10-11-21(19)2/h3,7-8,14,17,19H,1,4-6,9-13H2,2H3/t17-,19-,20-/m0/s1. The summed E-state index contributed by atoms with van der Waals surface area (Å²) in [7, 11) is 2.33. The highest BCUT2D eigenvalue weighted by Gasteiger charge is 2.53. The van der Waals surface area contributed by atoms with Gasteiger partial charge in [0.15, 0.2) is 0 Å². The summed E-state index contributed by atoms with van der Waals surface area (Å²) < 4.78 is 5.83. The minimum atomic E-state index is 0.427. The van der Waals surface area contributed by atoms with Crippen LogP contribution in [0.2, 0.25) is 0 Å². The average molecular weight is 297 g/mol. The van der Waals surface area contributed by atoms with Crippen LogP contribution in [0, 0.1) is 5.92 Å². The van der Waals surface area contributed by atoms with E-state index in [1.807, 2.05) is 6.08 Å². The third-order valence-electron chi connectivity index (χ3n) is 6.45. The lowest BCUT2D eigenvalue weighted by atomic mass is 9.52. The molecule has 1 aromatic carbocycles. The smallest absolute Gasteiger partial charge is 0.120 e. The number of piperidine rings is 1. The summed E-state index contributed by atoms with van der Waals surface area (Å²) >= 11 is 0. The number of benzene rings is 1. The van der Waals surface area contributed by atoms with E-state index in [0.29, 0.717) is 12.0 Å². The first-order valence-electron chi connectivity index (χ1n) is 8.82. The minimum Gasteiger partial charge on any atom is -0.490 e. The Morgan fingerprint density at radius 3 is 3.14 bits per heavy atom. The quantitative estimate of drug-likeness (QED) is 0.784. The Kier molecular flexibility index (Phi) is 3.53. The van der Waals surface area contributed by atoms with Crippen molar-refractivity contribution >= 4 is 0 Å². The van der Waals surface area contributed by atoms with Crippen LogP contribution >= 0.6 is 0 Å². The van der Waals surface area contributed by atoms with Crippen LogP contribution in [0.15, 0.2) is 30.9 Å². The Morgan fingerprint density at radius 2 is 2.27 bits per heavy atom. The maximum Gasteiger partial charge on any atom is 0.120 e. The molecule has 2 aliphatic carbocycles. The molecule has 4 rings (SSSR count). The summed E-state index contributed by atoms with van der Waals surface area (Å²) in [5.74, 6) is 1.87. The van der Waals surface area contributed by atoms with Crippen LogP contribution in [0.5, 0.6) is 5.75 Å². The topological polar surface area (TPSA) is 12.5 Å². The summed E-state index contributed by atoms with van der Waals surface area (Å²) in [6.45, 7) is 5.60. The second-order valence-electron chi connectivity index (χ2n) is 7.43. The molecule has 0 unspecified atom stereocenters. The number of hydrogen-bond donors (Lipinski definition) is 0. The molecule has 1 heterocycles. The van der Waals surface area contributed by atoms with Crippen molar-refractivity contribution in [2.24, 2.45) is 5.92 Å². The van der Waals surface area contributed by atoms with Gasteiger partial charge in [0.1, 0.15) is 12.4 Å². The van der Waals surface area contributed by atoms with Gasteiger partial charge in [-0.15, -0.1) is 0 Å². The predicted molar refractivity (Wildman–Crippen MR) is 90.5 cm³/mol. The second-order valence-corrected chi connectivity index (χ2v) is 7.43. The van der Waals surface area contributed by atoms with E-state index in [-0.39, 0.29) is 0 Å². The molecule has 3 atom stereocenters. The molecule has 0 aromatic heterocycles. The van der Waals surface area contributed by atoms with Crippen molar-refractivity contribution < 1.29 is 4.74 Å². The first-order chi connectivity index (χ1) is 10.7. The van der Waals surface area contributed by atoms with Crippen LogP contribution in [0.1, 0.15) is 43.2 Å². The molecule has 1 aromatic rings. The minimum absolute atomic E-state index is 0.427. The zero-order valence-electron chi connectivity index (χ0n) is 13.7. The maximum atomic E-state index is 5.83.